The van der Waals surface area contributed by atoms with Crippen molar-refractivity contribution in [3.63, 3.8) is 0 Å². The minimum Gasteiger partial charge on any atom is -0.459 e. The maximum Gasteiger partial charge on any atom is 0.326 e. The van der Waals surface area contributed by atoms with Crippen LogP contribution in [0.3, 0.4) is 0 Å². The average molecular weight is 337 g/mol. The van der Waals surface area contributed by atoms with E-state index in [1.807, 2.05) is 0 Å². The molecule has 1 saturated carbocycles. The number of carbonyl (C=O) groups is 3. The predicted molar refractivity (Wildman–Crippen MR) is 81.2 cm³/mol. The van der Waals surface area contributed by atoms with Crippen LogP contribution >= 0.6 is 11.6 Å². The molecule has 1 aliphatic heterocycles. The van der Waals surface area contributed by atoms with Gasteiger partial charge in [-0.25, -0.2) is 4.98 Å². The predicted octanol–water partition coefficient (Wildman–Crippen LogP) is 1.95. The summed E-state index contributed by atoms with van der Waals surface area (Å²) >= 11 is 5.68. The Balaban J connectivity index is 1.56. The number of carbonyl (C=O) groups excluding carboxylic acids is 3. The largest absolute Gasteiger partial charge is 0.459 e. The van der Waals surface area contributed by atoms with Crippen molar-refractivity contribution in [2.75, 3.05) is 6.54 Å². The molecule has 0 spiro atoms. The van der Waals surface area contributed by atoms with Crippen LogP contribution in [0.2, 0.25) is 5.15 Å². The highest BCUT2D eigenvalue weighted by Gasteiger charge is 2.48. The summed E-state index contributed by atoms with van der Waals surface area (Å²) in [6, 6.07) is 3.30. The smallest absolute Gasteiger partial charge is 0.326 e. The third kappa shape index (κ3) is 3.37. The van der Waals surface area contributed by atoms with E-state index in [0.717, 1.165) is 30.6 Å². The number of esters is 1. The standard InChI is InChI=1S/C16H17ClN2O4/c17-13-6-5-10(7-18-13)9-23-14(20)8-19-15(21)11-3-1-2-4-12(11)16(19)22/h5-7,11-12H,1-4,8-9H2/t11-,12+. The molecule has 122 valence electrons. The molecule has 2 amide bonds. The van der Waals surface area contributed by atoms with E-state index in [2.05, 4.69) is 4.98 Å². The molecular formula is C16H17ClN2O4. The number of rotatable bonds is 4. The molecule has 1 aromatic heterocycles. The highest BCUT2D eigenvalue weighted by molar-refractivity contribution is 6.29. The van der Waals surface area contributed by atoms with E-state index >= 15 is 0 Å². The second kappa shape index (κ2) is 6.66. The van der Waals surface area contributed by atoms with Gasteiger partial charge in [-0.2, -0.15) is 0 Å². The van der Waals surface area contributed by atoms with Crippen LogP contribution in [-0.2, 0) is 25.7 Å². The molecule has 0 N–H and O–H groups in total. The molecule has 1 saturated heterocycles. The summed E-state index contributed by atoms with van der Waals surface area (Å²) in [5.41, 5.74) is 0.690. The first-order valence-corrected chi connectivity index (χ1v) is 8.05. The van der Waals surface area contributed by atoms with Gasteiger partial charge in [0.25, 0.3) is 0 Å². The Kier molecular flexibility index (Phi) is 4.61. The van der Waals surface area contributed by atoms with Gasteiger partial charge in [0.2, 0.25) is 11.8 Å². The summed E-state index contributed by atoms with van der Waals surface area (Å²) in [5, 5.41) is 0.357. The normalized spacial score (nSPS) is 23.8. The number of hydrogen-bond acceptors (Lipinski definition) is 5. The topological polar surface area (TPSA) is 76.6 Å². The zero-order chi connectivity index (χ0) is 16.4. The Labute approximate surface area is 138 Å². The third-order valence-electron chi connectivity index (χ3n) is 4.41. The lowest BCUT2D eigenvalue weighted by atomic mass is 9.81. The van der Waals surface area contributed by atoms with Gasteiger partial charge >= 0.3 is 5.97 Å². The Morgan fingerprint density at radius 2 is 1.87 bits per heavy atom. The third-order valence-corrected chi connectivity index (χ3v) is 4.63. The lowest BCUT2D eigenvalue weighted by molar-refractivity contribution is -0.153. The number of fused-ring (bicyclic) bond motifs is 1. The molecule has 2 heterocycles. The molecule has 2 atom stereocenters. The molecule has 3 rings (SSSR count). The first-order chi connectivity index (χ1) is 11.1. The van der Waals surface area contributed by atoms with Crippen molar-refractivity contribution in [2.24, 2.45) is 11.8 Å². The molecule has 0 bridgehead atoms. The second-order valence-corrected chi connectivity index (χ2v) is 6.30. The molecular weight excluding hydrogens is 320 g/mol. The van der Waals surface area contributed by atoms with E-state index in [-0.39, 0.29) is 36.8 Å². The van der Waals surface area contributed by atoms with Crippen LogP contribution in [0.25, 0.3) is 0 Å². The monoisotopic (exact) mass is 336 g/mol. The number of halogens is 1. The summed E-state index contributed by atoms with van der Waals surface area (Å²) in [6.45, 7) is -0.280. The Hall–Kier alpha value is -1.95. The lowest BCUT2D eigenvalue weighted by Crippen LogP contribution is -2.36. The lowest BCUT2D eigenvalue weighted by Gasteiger charge is -2.19. The van der Waals surface area contributed by atoms with Crippen molar-refractivity contribution in [1.29, 1.82) is 0 Å². The van der Waals surface area contributed by atoms with Crippen molar-refractivity contribution >= 4 is 29.4 Å². The van der Waals surface area contributed by atoms with Crippen molar-refractivity contribution in [3.05, 3.63) is 29.0 Å². The van der Waals surface area contributed by atoms with Gasteiger partial charge in [0, 0.05) is 11.8 Å². The number of pyridine rings is 1. The van der Waals surface area contributed by atoms with E-state index in [1.165, 1.54) is 6.20 Å². The molecule has 0 unspecified atom stereocenters. The summed E-state index contributed by atoms with van der Waals surface area (Å²) < 4.78 is 5.11. The van der Waals surface area contributed by atoms with Gasteiger partial charge in [-0.1, -0.05) is 30.5 Å². The zero-order valence-electron chi connectivity index (χ0n) is 12.5. The van der Waals surface area contributed by atoms with Crippen LogP contribution in [-0.4, -0.2) is 34.2 Å². The van der Waals surface area contributed by atoms with Crippen molar-refractivity contribution in [1.82, 2.24) is 9.88 Å². The van der Waals surface area contributed by atoms with Gasteiger partial charge in [0.15, 0.2) is 0 Å². The maximum atomic E-state index is 12.3. The van der Waals surface area contributed by atoms with Gasteiger partial charge in [0.1, 0.15) is 18.3 Å². The van der Waals surface area contributed by atoms with Crippen LogP contribution < -0.4 is 0 Å². The fraction of sp³-hybridized carbons (Fsp3) is 0.500. The van der Waals surface area contributed by atoms with Gasteiger partial charge in [-0.05, 0) is 18.9 Å². The highest BCUT2D eigenvalue weighted by Crippen LogP contribution is 2.37. The number of hydrogen-bond donors (Lipinski definition) is 0. The van der Waals surface area contributed by atoms with Crippen LogP contribution in [0.15, 0.2) is 18.3 Å². The quantitative estimate of drug-likeness (QED) is 0.477. The number of nitrogens with zero attached hydrogens (tertiary/aromatic N) is 2. The summed E-state index contributed by atoms with van der Waals surface area (Å²) in [4.78, 5) is 41.4. The Morgan fingerprint density at radius 1 is 1.22 bits per heavy atom. The zero-order valence-corrected chi connectivity index (χ0v) is 13.3. The molecule has 2 aliphatic rings. The van der Waals surface area contributed by atoms with Crippen LogP contribution in [0.4, 0.5) is 0 Å². The molecule has 1 aliphatic carbocycles. The fourth-order valence-corrected chi connectivity index (χ4v) is 3.33. The van der Waals surface area contributed by atoms with E-state index in [4.69, 9.17) is 16.3 Å². The van der Waals surface area contributed by atoms with E-state index in [9.17, 15) is 14.4 Å². The van der Waals surface area contributed by atoms with E-state index < -0.39 is 5.97 Å². The minimum atomic E-state index is -0.597. The minimum absolute atomic E-state index is 0.0338. The molecule has 1 aromatic rings. The van der Waals surface area contributed by atoms with Gasteiger partial charge in [0.05, 0.1) is 11.8 Å². The SMILES string of the molecule is O=C(CN1C(=O)[C@H]2CCCC[C@H]2C1=O)OCc1ccc(Cl)nc1. The number of imide groups is 1. The van der Waals surface area contributed by atoms with E-state index in [0.29, 0.717) is 10.7 Å². The molecule has 2 fully saturated rings. The van der Waals surface area contributed by atoms with Crippen molar-refractivity contribution < 1.29 is 19.1 Å². The number of aromatic nitrogens is 1. The summed E-state index contributed by atoms with van der Waals surface area (Å²) in [5.74, 6) is -1.55. The van der Waals surface area contributed by atoms with Crippen LogP contribution in [0.1, 0.15) is 31.2 Å². The maximum absolute atomic E-state index is 12.3. The second-order valence-electron chi connectivity index (χ2n) is 5.91. The molecule has 0 aromatic carbocycles. The summed E-state index contributed by atoms with van der Waals surface area (Å²) in [6.07, 6.45) is 4.90. The van der Waals surface area contributed by atoms with E-state index in [1.54, 1.807) is 12.1 Å². The van der Waals surface area contributed by atoms with Crippen LogP contribution in [0.5, 0.6) is 0 Å². The highest BCUT2D eigenvalue weighted by atomic mass is 35.5. The number of amides is 2. The fourth-order valence-electron chi connectivity index (χ4n) is 3.22. The number of ether oxygens (including phenoxy) is 1. The number of likely N-dealkylation sites (tertiary alicyclic amines) is 1. The van der Waals surface area contributed by atoms with Gasteiger partial charge < -0.3 is 4.74 Å². The summed E-state index contributed by atoms with van der Waals surface area (Å²) in [7, 11) is 0. The Morgan fingerprint density at radius 3 is 2.43 bits per heavy atom. The van der Waals surface area contributed by atoms with Crippen LogP contribution in [0, 0.1) is 11.8 Å². The molecule has 0 radical (unpaired) electrons. The first kappa shape index (κ1) is 15.9. The molecule has 23 heavy (non-hydrogen) atoms. The van der Waals surface area contributed by atoms with Crippen molar-refractivity contribution in [2.45, 2.75) is 32.3 Å². The Bertz CT molecular complexity index is 607. The molecule has 6 nitrogen and oxygen atoms in total. The van der Waals surface area contributed by atoms with Crippen molar-refractivity contribution in [3.8, 4) is 0 Å². The van der Waals surface area contributed by atoms with Gasteiger partial charge in [-0.3, -0.25) is 19.3 Å². The average Bonchev–Trinajstić information content (AvgIpc) is 2.80. The molecule has 7 heteroatoms. The van der Waals surface area contributed by atoms with Gasteiger partial charge in [-0.15, -0.1) is 0 Å². The first-order valence-electron chi connectivity index (χ1n) is 7.67.